The summed E-state index contributed by atoms with van der Waals surface area (Å²) in [5.74, 6) is 0. The molecule has 0 radical (unpaired) electrons. The summed E-state index contributed by atoms with van der Waals surface area (Å²) < 4.78 is 7.66. The Morgan fingerprint density at radius 1 is 0.468 bits per heavy atom. The van der Waals surface area contributed by atoms with E-state index in [1.165, 1.54) is 91.8 Å². The number of aryl methyl sites for hydroxylation is 1. The first-order chi connectivity index (χ1) is 23.3. The third kappa shape index (κ3) is 3.84. The predicted molar refractivity (Wildman–Crippen MR) is 203 cm³/mol. The lowest BCUT2D eigenvalue weighted by Crippen LogP contribution is -1.99. The van der Waals surface area contributed by atoms with Gasteiger partial charge in [-0.15, -0.1) is 11.3 Å². The molecule has 3 aromatic heterocycles. The van der Waals surface area contributed by atoms with Crippen LogP contribution in [0.4, 0.5) is 0 Å². The molecule has 0 N–H and O–H groups in total. The third-order valence-corrected chi connectivity index (χ3v) is 11.1. The number of benzene rings is 7. The van der Waals surface area contributed by atoms with Crippen LogP contribution >= 0.6 is 11.3 Å². The van der Waals surface area contributed by atoms with E-state index < -0.39 is 0 Å². The van der Waals surface area contributed by atoms with E-state index in [9.17, 15) is 0 Å². The highest BCUT2D eigenvalue weighted by atomic mass is 32.1. The summed E-state index contributed by atoms with van der Waals surface area (Å²) in [6.45, 7) is 2.23. The van der Waals surface area contributed by atoms with Gasteiger partial charge in [0.2, 0.25) is 0 Å². The maximum Gasteiger partial charge on any atom is 0.0788 e. The van der Waals surface area contributed by atoms with Crippen LogP contribution in [0.2, 0.25) is 0 Å². The number of hydrogen-bond donors (Lipinski definition) is 0. The Balaban J connectivity index is 1.32. The van der Waals surface area contributed by atoms with Crippen molar-refractivity contribution in [1.82, 2.24) is 9.13 Å². The monoisotopic (exact) mass is 618 g/mol. The van der Waals surface area contributed by atoms with Gasteiger partial charge in [-0.3, -0.25) is 0 Å². The van der Waals surface area contributed by atoms with E-state index in [0.29, 0.717) is 0 Å². The first-order valence-electron chi connectivity index (χ1n) is 16.3. The fourth-order valence-corrected chi connectivity index (χ4v) is 8.98. The van der Waals surface area contributed by atoms with Crippen LogP contribution in [0.25, 0.3) is 86.3 Å². The van der Waals surface area contributed by atoms with E-state index in [1.54, 1.807) is 0 Å². The topological polar surface area (TPSA) is 9.86 Å². The van der Waals surface area contributed by atoms with Crippen molar-refractivity contribution in [2.24, 2.45) is 0 Å². The molecule has 2 nitrogen and oxygen atoms in total. The Labute approximate surface area is 276 Å². The van der Waals surface area contributed by atoms with Crippen LogP contribution in [-0.4, -0.2) is 9.13 Å². The second kappa shape index (κ2) is 10.2. The summed E-state index contributed by atoms with van der Waals surface area (Å²) in [5.41, 5.74) is 11.1. The van der Waals surface area contributed by atoms with Crippen molar-refractivity contribution < 1.29 is 0 Å². The number of aromatic nitrogens is 2. The molecule has 0 saturated carbocycles. The quantitative estimate of drug-likeness (QED) is 0.186. The SMILES string of the molecule is CCc1cccc(-n2c3ccccc3c3ccc4c5ccccc5n(-c5cccc(-c6cccc7c6sc6ccccc67)c5)c4c32)c1. The molecule has 0 aliphatic carbocycles. The third-order valence-electron chi connectivity index (χ3n) is 9.87. The number of hydrogen-bond acceptors (Lipinski definition) is 1. The Morgan fingerprint density at radius 2 is 1.04 bits per heavy atom. The summed E-state index contributed by atoms with van der Waals surface area (Å²) in [6.07, 6.45) is 1.000. The second-order valence-electron chi connectivity index (χ2n) is 12.4. The van der Waals surface area contributed by atoms with Gasteiger partial charge in [0, 0.05) is 53.1 Å². The van der Waals surface area contributed by atoms with Crippen LogP contribution in [0.5, 0.6) is 0 Å². The van der Waals surface area contributed by atoms with Gasteiger partial charge in [0.25, 0.3) is 0 Å². The lowest BCUT2D eigenvalue weighted by Gasteiger charge is -2.14. The van der Waals surface area contributed by atoms with Crippen LogP contribution in [0, 0.1) is 0 Å². The number of nitrogens with zero attached hydrogens (tertiary/aromatic N) is 2. The minimum Gasteiger partial charge on any atom is -0.307 e. The number of para-hydroxylation sites is 2. The summed E-state index contributed by atoms with van der Waals surface area (Å²) in [4.78, 5) is 0. The van der Waals surface area contributed by atoms with Crippen molar-refractivity contribution in [1.29, 1.82) is 0 Å². The molecule has 0 spiro atoms. The summed E-state index contributed by atoms with van der Waals surface area (Å²) >= 11 is 1.89. The molecule has 0 aliphatic heterocycles. The van der Waals surface area contributed by atoms with Crippen LogP contribution < -0.4 is 0 Å². The molecule has 0 atom stereocenters. The van der Waals surface area contributed by atoms with Crippen molar-refractivity contribution in [3.63, 3.8) is 0 Å². The van der Waals surface area contributed by atoms with Crippen LogP contribution in [0.3, 0.4) is 0 Å². The Morgan fingerprint density at radius 3 is 1.74 bits per heavy atom. The standard InChI is InChI=1S/C44H30N2S/c1-2-28-12-9-14-30(26-28)45-39-21-6-3-16-33(39)36-24-25-37-34-17-4-7-22-40(34)46(43(37)42(36)45)31-15-10-13-29(27-31)32-19-11-20-38-35-18-5-8-23-41(35)47-44(32)38/h3-27H,2H2,1H3. The van der Waals surface area contributed by atoms with E-state index >= 15 is 0 Å². The molecule has 3 heterocycles. The summed E-state index contributed by atoms with van der Waals surface area (Å²) in [5, 5.41) is 7.72. The van der Waals surface area contributed by atoms with Crippen LogP contribution in [-0.2, 0) is 6.42 Å². The Bertz CT molecular complexity index is 2840. The van der Waals surface area contributed by atoms with E-state index in [4.69, 9.17) is 0 Å². The predicted octanol–water partition coefficient (Wildman–Crippen LogP) is 12.5. The van der Waals surface area contributed by atoms with Crippen LogP contribution in [0.15, 0.2) is 152 Å². The van der Waals surface area contributed by atoms with Gasteiger partial charge in [0.1, 0.15) is 0 Å². The minimum atomic E-state index is 1.000. The van der Waals surface area contributed by atoms with Gasteiger partial charge in [0.05, 0.1) is 22.1 Å². The Kier molecular flexibility index (Phi) is 5.76. The number of thiophene rings is 1. The van der Waals surface area contributed by atoms with E-state index in [1.807, 2.05) is 11.3 Å². The highest BCUT2D eigenvalue weighted by molar-refractivity contribution is 7.26. The lowest BCUT2D eigenvalue weighted by molar-refractivity contribution is 1.10. The van der Waals surface area contributed by atoms with E-state index in [0.717, 1.165) is 6.42 Å². The fraction of sp³-hybridized carbons (Fsp3) is 0.0455. The number of fused-ring (bicyclic) bond motifs is 10. The molecular weight excluding hydrogens is 589 g/mol. The highest BCUT2D eigenvalue weighted by Crippen LogP contribution is 2.43. The molecule has 3 heteroatoms. The zero-order valence-electron chi connectivity index (χ0n) is 25.9. The molecule has 0 unspecified atom stereocenters. The van der Waals surface area contributed by atoms with Crippen molar-refractivity contribution in [2.45, 2.75) is 13.3 Å². The average molecular weight is 619 g/mol. The van der Waals surface area contributed by atoms with Gasteiger partial charge < -0.3 is 9.13 Å². The van der Waals surface area contributed by atoms with E-state index in [-0.39, 0.29) is 0 Å². The molecule has 10 aromatic rings. The zero-order chi connectivity index (χ0) is 31.1. The fourth-order valence-electron chi connectivity index (χ4n) is 7.74. The smallest absolute Gasteiger partial charge is 0.0788 e. The molecule has 10 rings (SSSR count). The minimum absolute atomic E-state index is 1.000. The highest BCUT2D eigenvalue weighted by Gasteiger charge is 2.21. The first kappa shape index (κ1) is 26.6. The molecule has 0 amide bonds. The first-order valence-corrected chi connectivity index (χ1v) is 17.2. The molecule has 222 valence electrons. The van der Waals surface area contributed by atoms with Gasteiger partial charge in [-0.05, 0) is 65.6 Å². The summed E-state index contributed by atoms with van der Waals surface area (Å²) in [7, 11) is 0. The largest absolute Gasteiger partial charge is 0.307 e. The molecule has 0 aliphatic rings. The van der Waals surface area contributed by atoms with Gasteiger partial charge >= 0.3 is 0 Å². The van der Waals surface area contributed by atoms with Crippen molar-refractivity contribution in [3.8, 4) is 22.5 Å². The maximum absolute atomic E-state index is 2.50. The van der Waals surface area contributed by atoms with Gasteiger partial charge in [-0.2, -0.15) is 0 Å². The Hall–Kier alpha value is -5.64. The molecule has 47 heavy (non-hydrogen) atoms. The zero-order valence-corrected chi connectivity index (χ0v) is 26.8. The average Bonchev–Trinajstić information content (AvgIpc) is 3.79. The van der Waals surface area contributed by atoms with Gasteiger partial charge in [0.15, 0.2) is 0 Å². The molecule has 7 aromatic carbocycles. The second-order valence-corrected chi connectivity index (χ2v) is 13.5. The van der Waals surface area contributed by atoms with Crippen molar-refractivity contribution in [3.05, 3.63) is 157 Å². The number of rotatable bonds is 4. The van der Waals surface area contributed by atoms with Crippen LogP contribution in [0.1, 0.15) is 12.5 Å². The normalized spacial score (nSPS) is 12.0. The molecule has 0 bridgehead atoms. The van der Waals surface area contributed by atoms with Crippen molar-refractivity contribution in [2.75, 3.05) is 0 Å². The summed E-state index contributed by atoms with van der Waals surface area (Å²) in [6, 6.07) is 56.0. The van der Waals surface area contributed by atoms with E-state index in [2.05, 4.69) is 168 Å². The van der Waals surface area contributed by atoms with Crippen molar-refractivity contribution >= 4 is 75.1 Å². The molecule has 0 fully saturated rings. The molecule has 0 saturated heterocycles. The van der Waals surface area contributed by atoms with Gasteiger partial charge in [-0.1, -0.05) is 116 Å². The maximum atomic E-state index is 2.50. The lowest BCUT2D eigenvalue weighted by atomic mass is 10.0. The molecular formula is C44H30N2S. The van der Waals surface area contributed by atoms with Gasteiger partial charge in [-0.25, -0.2) is 0 Å².